The number of urea groups is 1. The summed E-state index contributed by atoms with van der Waals surface area (Å²) in [5.41, 5.74) is 0. The van der Waals surface area contributed by atoms with Crippen LogP contribution in [0.4, 0.5) is 4.79 Å². The molecule has 1 aliphatic heterocycles. The van der Waals surface area contributed by atoms with Gasteiger partial charge in [0, 0.05) is 39.6 Å². The molecule has 7 heteroatoms. The van der Waals surface area contributed by atoms with Crippen molar-refractivity contribution in [1.82, 2.24) is 25.3 Å². The van der Waals surface area contributed by atoms with Crippen molar-refractivity contribution in [3.05, 3.63) is 11.8 Å². The van der Waals surface area contributed by atoms with Crippen LogP contribution in [0.2, 0.25) is 0 Å². The van der Waals surface area contributed by atoms with Crippen LogP contribution in [-0.2, 0) is 13.0 Å². The van der Waals surface area contributed by atoms with E-state index >= 15 is 0 Å². The molecule has 22 heavy (non-hydrogen) atoms. The maximum atomic E-state index is 11.9. The number of nitrogens with one attached hydrogen (secondary N) is 1. The van der Waals surface area contributed by atoms with E-state index in [0.29, 0.717) is 30.2 Å². The normalized spacial score (nSPS) is 22.3. The lowest BCUT2D eigenvalue weighted by Gasteiger charge is -2.24. The molecule has 0 aromatic carbocycles. The maximum absolute atomic E-state index is 11.9. The van der Waals surface area contributed by atoms with Crippen LogP contribution in [0.25, 0.3) is 0 Å². The van der Waals surface area contributed by atoms with Crippen LogP contribution in [0.3, 0.4) is 0 Å². The molecule has 7 nitrogen and oxygen atoms in total. The second-order valence-electron chi connectivity index (χ2n) is 6.50. The molecule has 2 atom stereocenters. The highest BCUT2D eigenvalue weighted by Crippen LogP contribution is 2.25. The van der Waals surface area contributed by atoms with Gasteiger partial charge in [-0.1, -0.05) is 20.8 Å². The number of hydrogen-bond donors (Lipinski definition) is 1. The molecular weight excluding hydrogens is 282 g/mol. The largest absolute Gasteiger partial charge is 0.424 e. The van der Waals surface area contributed by atoms with Gasteiger partial charge in [0.1, 0.15) is 0 Å². The monoisotopic (exact) mass is 309 g/mol. The van der Waals surface area contributed by atoms with Crippen molar-refractivity contribution < 1.29 is 9.21 Å². The average molecular weight is 309 g/mol. The number of carbonyl (C=O) groups is 1. The predicted molar refractivity (Wildman–Crippen MR) is 83.3 cm³/mol. The first-order valence-corrected chi connectivity index (χ1v) is 7.92. The summed E-state index contributed by atoms with van der Waals surface area (Å²) < 4.78 is 5.59. The molecule has 2 amide bonds. The Bertz CT molecular complexity index is 500. The zero-order valence-corrected chi connectivity index (χ0v) is 14.2. The molecular formula is C15H27N5O2. The molecule has 2 rings (SSSR count). The third-order valence-electron chi connectivity index (χ3n) is 4.18. The highest BCUT2D eigenvalue weighted by Gasteiger charge is 2.36. The Balaban J connectivity index is 1.98. The van der Waals surface area contributed by atoms with E-state index in [9.17, 15) is 4.79 Å². The summed E-state index contributed by atoms with van der Waals surface area (Å²) in [6.45, 7) is 8.78. The second kappa shape index (κ2) is 7.09. The number of amides is 2. The van der Waals surface area contributed by atoms with E-state index in [4.69, 9.17) is 4.42 Å². The Morgan fingerprint density at radius 2 is 2.05 bits per heavy atom. The number of carbonyl (C=O) groups excluding carboxylic acids is 1. The van der Waals surface area contributed by atoms with Crippen molar-refractivity contribution in [3.8, 4) is 0 Å². The molecule has 1 aromatic rings. The van der Waals surface area contributed by atoms with Gasteiger partial charge in [-0.2, -0.15) is 0 Å². The second-order valence-corrected chi connectivity index (χ2v) is 6.50. The first-order chi connectivity index (χ1) is 10.4. The van der Waals surface area contributed by atoms with Gasteiger partial charge in [0.15, 0.2) is 0 Å². The Morgan fingerprint density at radius 1 is 1.36 bits per heavy atom. The minimum Gasteiger partial charge on any atom is -0.424 e. The number of likely N-dealkylation sites (tertiary alicyclic amines) is 1. The van der Waals surface area contributed by atoms with E-state index < -0.39 is 0 Å². The van der Waals surface area contributed by atoms with E-state index in [0.717, 1.165) is 19.5 Å². The van der Waals surface area contributed by atoms with Gasteiger partial charge in [-0.25, -0.2) is 4.79 Å². The van der Waals surface area contributed by atoms with Crippen molar-refractivity contribution in [2.45, 2.75) is 39.8 Å². The summed E-state index contributed by atoms with van der Waals surface area (Å²) in [5, 5.41) is 11.2. The minimum atomic E-state index is -0.0384. The molecule has 0 saturated carbocycles. The van der Waals surface area contributed by atoms with E-state index in [1.54, 1.807) is 19.0 Å². The fraction of sp³-hybridized carbons (Fsp3) is 0.800. The van der Waals surface area contributed by atoms with Gasteiger partial charge in [-0.05, 0) is 11.8 Å². The smallest absolute Gasteiger partial charge is 0.317 e. The lowest BCUT2D eigenvalue weighted by molar-refractivity contribution is 0.207. The van der Waals surface area contributed by atoms with Crippen LogP contribution in [0.1, 0.15) is 32.6 Å². The summed E-state index contributed by atoms with van der Waals surface area (Å²) in [7, 11) is 3.52. The quantitative estimate of drug-likeness (QED) is 0.889. The Morgan fingerprint density at radius 3 is 2.59 bits per heavy atom. The van der Waals surface area contributed by atoms with Gasteiger partial charge in [-0.3, -0.25) is 4.90 Å². The van der Waals surface area contributed by atoms with Crippen LogP contribution >= 0.6 is 0 Å². The molecule has 124 valence electrons. The van der Waals surface area contributed by atoms with Crippen LogP contribution in [0.5, 0.6) is 0 Å². The van der Waals surface area contributed by atoms with Crippen LogP contribution < -0.4 is 5.32 Å². The molecule has 1 aromatic heterocycles. The van der Waals surface area contributed by atoms with Crippen molar-refractivity contribution >= 4 is 6.03 Å². The minimum absolute atomic E-state index is 0.0384. The third kappa shape index (κ3) is 3.97. The average Bonchev–Trinajstić information content (AvgIpc) is 3.06. The fourth-order valence-electron chi connectivity index (χ4n) is 2.84. The Labute approximate surface area is 132 Å². The standard InChI is InChI=1S/C15H27N5O2/c1-6-13-17-18-14(22-13)9-20-7-11(10(2)3)12(8-20)16-15(21)19(4)5/h10-12H,6-9H2,1-5H3,(H,16,21)/t11-,12+/m0/s1. The summed E-state index contributed by atoms with van der Waals surface area (Å²) in [6.07, 6.45) is 0.753. The molecule has 1 aliphatic rings. The molecule has 0 bridgehead atoms. The zero-order chi connectivity index (χ0) is 16.3. The first kappa shape index (κ1) is 16.7. The summed E-state index contributed by atoms with van der Waals surface area (Å²) in [5.74, 6) is 2.26. The van der Waals surface area contributed by atoms with Crippen LogP contribution in [0.15, 0.2) is 4.42 Å². The van der Waals surface area contributed by atoms with E-state index in [-0.39, 0.29) is 12.1 Å². The number of hydrogen-bond acceptors (Lipinski definition) is 5. The summed E-state index contributed by atoms with van der Waals surface area (Å²) in [6, 6.07) is 0.118. The summed E-state index contributed by atoms with van der Waals surface area (Å²) in [4.78, 5) is 15.8. The molecule has 0 unspecified atom stereocenters. The molecule has 0 spiro atoms. The van der Waals surface area contributed by atoms with Crippen molar-refractivity contribution in [1.29, 1.82) is 0 Å². The van der Waals surface area contributed by atoms with Gasteiger partial charge < -0.3 is 14.6 Å². The van der Waals surface area contributed by atoms with Crippen molar-refractivity contribution in [2.75, 3.05) is 27.2 Å². The number of aryl methyl sites for hydroxylation is 1. The third-order valence-corrected chi connectivity index (χ3v) is 4.18. The van der Waals surface area contributed by atoms with Crippen LogP contribution in [0, 0.1) is 11.8 Å². The SMILES string of the molecule is CCc1nnc(CN2C[C@@H](NC(=O)N(C)C)[C@H](C(C)C)C2)o1. The fourth-order valence-corrected chi connectivity index (χ4v) is 2.84. The van der Waals surface area contributed by atoms with Gasteiger partial charge in [0.25, 0.3) is 0 Å². The summed E-state index contributed by atoms with van der Waals surface area (Å²) >= 11 is 0. The lowest BCUT2D eigenvalue weighted by atomic mass is 9.91. The number of rotatable bonds is 5. The maximum Gasteiger partial charge on any atom is 0.317 e. The molecule has 0 radical (unpaired) electrons. The van der Waals surface area contributed by atoms with E-state index in [1.165, 1.54) is 0 Å². The van der Waals surface area contributed by atoms with Crippen LogP contribution in [-0.4, -0.2) is 59.3 Å². The molecule has 0 aliphatic carbocycles. The molecule has 1 fully saturated rings. The number of aromatic nitrogens is 2. The van der Waals surface area contributed by atoms with Crippen molar-refractivity contribution in [3.63, 3.8) is 0 Å². The number of nitrogens with zero attached hydrogens (tertiary/aromatic N) is 4. The Kier molecular flexibility index (Phi) is 5.39. The van der Waals surface area contributed by atoms with Gasteiger partial charge in [0.2, 0.25) is 11.8 Å². The van der Waals surface area contributed by atoms with E-state index in [2.05, 4.69) is 34.3 Å². The van der Waals surface area contributed by atoms with Gasteiger partial charge >= 0.3 is 6.03 Å². The first-order valence-electron chi connectivity index (χ1n) is 7.92. The van der Waals surface area contributed by atoms with Gasteiger partial charge in [0.05, 0.1) is 6.54 Å². The molecule has 1 N–H and O–H groups in total. The highest BCUT2D eigenvalue weighted by molar-refractivity contribution is 5.73. The molecule has 1 saturated heterocycles. The highest BCUT2D eigenvalue weighted by atomic mass is 16.4. The molecule has 2 heterocycles. The van der Waals surface area contributed by atoms with E-state index in [1.807, 2.05) is 6.92 Å². The van der Waals surface area contributed by atoms with Gasteiger partial charge in [-0.15, -0.1) is 10.2 Å². The lowest BCUT2D eigenvalue weighted by Crippen LogP contribution is -2.46. The predicted octanol–water partition coefficient (Wildman–Crippen LogP) is 1.36. The van der Waals surface area contributed by atoms with Crippen molar-refractivity contribution in [2.24, 2.45) is 11.8 Å². The zero-order valence-electron chi connectivity index (χ0n) is 14.2. The Hall–Kier alpha value is -1.63. The topological polar surface area (TPSA) is 74.5 Å².